The van der Waals surface area contributed by atoms with Crippen molar-refractivity contribution in [1.29, 1.82) is 0 Å². The molecule has 1 aromatic carbocycles. The molecule has 2 fully saturated rings. The van der Waals surface area contributed by atoms with E-state index in [-0.39, 0.29) is 5.60 Å². The maximum Gasteiger partial charge on any atom is 0.191 e. The first-order valence-corrected chi connectivity index (χ1v) is 10.6. The number of nitrogens with zero attached hydrogens (tertiary/aromatic N) is 2. The molecule has 27 heavy (non-hydrogen) atoms. The van der Waals surface area contributed by atoms with Gasteiger partial charge in [0.25, 0.3) is 0 Å². The molecule has 0 radical (unpaired) electrons. The number of rotatable bonds is 8. The lowest BCUT2D eigenvalue weighted by Gasteiger charge is -2.22. The average molecular weight is 373 g/mol. The predicted octanol–water partition coefficient (Wildman–Crippen LogP) is 2.68. The van der Waals surface area contributed by atoms with Crippen molar-refractivity contribution in [3.8, 4) is 0 Å². The number of likely N-dealkylation sites (tertiary alicyclic amines) is 1. The van der Waals surface area contributed by atoms with E-state index in [9.17, 15) is 0 Å². The first kappa shape index (κ1) is 20.2. The Morgan fingerprint density at radius 1 is 1.30 bits per heavy atom. The molecule has 0 saturated carbocycles. The summed E-state index contributed by atoms with van der Waals surface area (Å²) < 4.78 is 5.86. The van der Waals surface area contributed by atoms with E-state index >= 15 is 0 Å². The highest BCUT2D eigenvalue weighted by Crippen LogP contribution is 2.25. The van der Waals surface area contributed by atoms with Gasteiger partial charge in [0.05, 0.1) is 12.1 Å². The lowest BCUT2D eigenvalue weighted by Crippen LogP contribution is -2.41. The molecular formula is C22H36N4O. The van der Waals surface area contributed by atoms with Crippen LogP contribution in [0.3, 0.4) is 0 Å². The van der Waals surface area contributed by atoms with E-state index in [0.717, 1.165) is 58.0 Å². The molecule has 2 heterocycles. The molecule has 3 rings (SSSR count). The van der Waals surface area contributed by atoms with Crippen molar-refractivity contribution >= 4 is 5.96 Å². The summed E-state index contributed by atoms with van der Waals surface area (Å²) >= 11 is 0. The van der Waals surface area contributed by atoms with Gasteiger partial charge in [0.15, 0.2) is 5.96 Å². The van der Waals surface area contributed by atoms with Crippen LogP contribution in [-0.4, -0.2) is 62.3 Å². The highest BCUT2D eigenvalue weighted by atomic mass is 16.5. The molecule has 2 atom stereocenters. The van der Waals surface area contributed by atoms with Crippen LogP contribution in [0.15, 0.2) is 35.3 Å². The quantitative estimate of drug-likeness (QED) is 0.544. The fourth-order valence-corrected chi connectivity index (χ4v) is 4.01. The van der Waals surface area contributed by atoms with Gasteiger partial charge in [-0.1, -0.05) is 30.3 Å². The largest absolute Gasteiger partial charge is 0.373 e. The van der Waals surface area contributed by atoms with Gasteiger partial charge in [0, 0.05) is 32.8 Å². The monoisotopic (exact) mass is 372 g/mol. The fourth-order valence-electron chi connectivity index (χ4n) is 4.01. The summed E-state index contributed by atoms with van der Waals surface area (Å²) in [5.74, 6) is 1.62. The van der Waals surface area contributed by atoms with Crippen molar-refractivity contribution in [2.45, 2.75) is 45.1 Å². The molecule has 0 spiro atoms. The zero-order chi connectivity index (χ0) is 19.0. The average Bonchev–Trinajstić information content (AvgIpc) is 3.33. The van der Waals surface area contributed by atoms with Crippen LogP contribution in [-0.2, 0) is 11.2 Å². The second-order valence-electron chi connectivity index (χ2n) is 8.17. The zero-order valence-electron chi connectivity index (χ0n) is 17.0. The summed E-state index contributed by atoms with van der Waals surface area (Å²) in [4.78, 5) is 7.37. The third-order valence-electron chi connectivity index (χ3n) is 5.70. The van der Waals surface area contributed by atoms with Crippen LogP contribution in [0.25, 0.3) is 0 Å². The Labute approximate surface area is 164 Å². The van der Waals surface area contributed by atoms with E-state index in [1.54, 1.807) is 0 Å². The number of aliphatic imine (C=N–C) groups is 1. The summed E-state index contributed by atoms with van der Waals surface area (Å²) in [5, 5.41) is 6.93. The standard InChI is InChI=1S/C22H36N4O/c1-3-23-21(25-18-22(2)12-7-15-27-22)24-16-20-11-14-26(17-20)13-10-19-8-5-4-6-9-19/h4-6,8-9,20H,3,7,10-18H2,1-2H3,(H2,23,24,25). The number of nitrogens with one attached hydrogen (secondary N) is 2. The molecule has 0 aliphatic carbocycles. The third-order valence-corrected chi connectivity index (χ3v) is 5.70. The minimum absolute atomic E-state index is 0.0794. The number of benzene rings is 1. The van der Waals surface area contributed by atoms with Gasteiger partial charge in [0.1, 0.15) is 0 Å². The third kappa shape index (κ3) is 6.51. The molecule has 5 nitrogen and oxygen atoms in total. The van der Waals surface area contributed by atoms with Crippen molar-refractivity contribution in [3.63, 3.8) is 0 Å². The van der Waals surface area contributed by atoms with E-state index in [1.807, 2.05) is 0 Å². The maximum atomic E-state index is 5.86. The molecule has 1 aromatic rings. The van der Waals surface area contributed by atoms with E-state index in [4.69, 9.17) is 9.73 Å². The number of guanidine groups is 1. The molecule has 2 aliphatic rings. The number of hydrogen-bond donors (Lipinski definition) is 2. The van der Waals surface area contributed by atoms with Crippen LogP contribution in [0, 0.1) is 5.92 Å². The topological polar surface area (TPSA) is 48.9 Å². The maximum absolute atomic E-state index is 5.86. The Bertz CT molecular complexity index is 583. The molecular weight excluding hydrogens is 336 g/mol. The summed E-state index contributed by atoms with van der Waals surface area (Å²) in [5.41, 5.74) is 1.35. The van der Waals surface area contributed by atoms with Gasteiger partial charge in [-0.2, -0.15) is 0 Å². The van der Waals surface area contributed by atoms with Crippen molar-refractivity contribution in [2.24, 2.45) is 10.9 Å². The van der Waals surface area contributed by atoms with Crippen LogP contribution in [0.1, 0.15) is 38.7 Å². The second-order valence-corrected chi connectivity index (χ2v) is 8.17. The number of ether oxygens (including phenoxy) is 1. The molecule has 2 saturated heterocycles. The Morgan fingerprint density at radius 3 is 2.89 bits per heavy atom. The lowest BCUT2D eigenvalue weighted by molar-refractivity contribution is 0.0283. The fraction of sp³-hybridized carbons (Fsp3) is 0.682. The summed E-state index contributed by atoms with van der Waals surface area (Å²) in [6, 6.07) is 10.8. The second kappa shape index (κ2) is 10.1. The van der Waals surface area contributed by atoms with Gasteiger partial charge < -0.3 is 20.3 Å². The van der Waals surface area contributed by atoms with Gasteiger partial charge in [-0.05, 0) is 57.6 Å². The highest BCUT2D eigenvalue weighted by Gasteiger charge is 2.29. The Hall–Kier alpha value is -1.59. The molecule has 150 valence electrons. The SMILES string of the molecule is CCNC(=NCC1(C)CCCO1)NCC1CCN(CCc2ccccc2)C1. The zero-order valence-corrected chi connectivity index (χ0v) is 17.0. The van der Waals surface area contributed by atoms with Crippen molar-refractivity contribution in [2.75, 3.05) is 45.9 Å². The first-order chi connectivity index (χ1) is 13.2. The van der Waals surface area contributed by atoms with Crippen molar-refractivity contribution < 1.29 is 4.74 Å². The van der Waals surface area contributed by atoms with E-state index in [1.165, 1.54) is 25.1 Å². The van der Waals surface area contributed by atoms with Crippen LogP contribution < -0.4 is 10.6 Å². The molecule has 2 N–H and O–H groups in total. The molecule has 5 heteroatoms. The Kier molecular flexibility index (Phi) is 7.53. The minimum Gasteiger partial charge on any atom is -0.373 e. The normalized spacial score (nSPS) is 26.4. The molecule has 2 aliphatic heterocycles. The Morgan fingerprint density at radius 2 is 2.15 bits per heavy atom. The summed E-state index contributed by atoms with van der Waals surface area (Å²) in [6.45, 7) is 11.3. The first-order valence-electron chi connectivity index (χ1n) is 10.6. The van der Waals surface area contributed by atoms with Gasteiger partial charge >= 0.3 is 0 Å². The molecule has 0 bridgehead atoms. The van der Waals surface area contributed by atoms with Crippen LogP contribution in [0.2, 0.25) is 0 Å². The molecule has 0 aromatic heterocycles. The van der Waals surface area contributed by atoms with Gasteiger partial charge in [-0.25, -0.2) is 0 Å². The van der Waals surface area contributed by atoms with Crippen LogP contribution in [0.4, 0.5) is 0 Å². The van der Waals surface area contributed by atoms with Crippen LogP contribution in [0.5, 0.6) is 0 Å². The van der Waals surface area contributed by atoms with Gasteiger partial charge in [-0.15, -0.1) is 0 Å². The highest BCUT2D eigenvalue weighted by molar-refractivity contribution is 5.79. The van der Waals surface area contributed by atoms with E-state index in [2.05, 4.69) is 59.7 Å². The van der Waals surface area contributed by atoms with E-state index in [0.29, 0.717) is 5.92 Å². The summed E-state index contributed by atoms with van der Waals surface area (Å²) in [7, 11) is 0. The smallest absolute Gasteiger partial charge is 0.191 e. The predicted molar refractivity (Wildman–Crippen MR) is 112 cm³/mol. The molecule has 0 amide bonds. The van der Waals surface area contributed by atoms with E-state index < -0.39 is 0 Å². The summed E-state index contributed by atoms with van der Waals surface area (Å²) in [6.07, 6.45) is 4.66. The van der Waals surface area contributed by atoms with Crippen molar-refractivity contribution in [1.82, 2.24) is 15.5 Å². The van der Waals surface area contributed by atoms with Gasteiger partial charge in [-0.3, -0.25) is 4.99 Å². The van der Waals surface area contributed by atoms with Crippen LogP contribution >= 0.6 is 0 Å². The molecule has 2 unspecified atom stereocenters. The van der Waals surface area contributed by atoms with Crippen molar-refractivity contribution in [3.05, 3.63) is 35.9 Å². The minimum atomic E-state index is -0.0794. The Balaban J connectivity index is 1.40. The van der Waals surface area contributed by atoms with Gasteiger partial charge in [0.2, 0.25) is 0 Å². The number of hydrogen-bond acceptors (Lipinski definition) is 3. The lowest BCUT2D eigenvalue weighted by atomic mass is 10.0.